The molecule has 1 aliphatic carbocycles. The molecule has 0 aromatic heterocycles. The van der Waals surface area contributed by atoms with Crippen LogP contribution in [0.5, 0.6) is 0 Å². The Balaban J connectivity index is 2.21. The van der Waals surface area contributed by atoms with Gasteiger partial charge in [0.05, 0.1) is 5.60 Å². The highest BCUT2D eigenvalue weighted by molar-refractivity contribution is 5.29. The fraction of sp³-hybridized carbons (Fsp3) is 0.625. The lowest BCUT2D eigenvalue weighted by atomic mass is 9.89. The highest BCUT2D eigenvalue weighted by Crippen LogP contribution is 2.41. The maximum absolute atomic E-state index is 10.7. The Bertz CT molecular complexity index is 383. The zero-order valence-electron chi connectivity index (χ0n) is 11.2. The monoisotopic (exact) mass is 232 g/mol. The molecule has 0 heterocycles. The molecule has 2 rings (SSSR count). The molecule has 1 N–H and O–H groups in total. The van der Waals surface area contributed by atoms with Crippen LogP contribution in [0, 0.1) is 11.8 Å². The summed E-state index contributed by atoms with van der Waals surface area (Å²) in [4.78, 5) is 0. The van der Waals surface area contributed by atoms with Crippen LogP contribution in [-0.4, -0.2) is 5.11 Å². The van der Waals surface area contributed by atoms with Gasteiger partial charge in [-0.05, 0) is 48.6 Å². The average molecular weight is 232 g/mol. The molecule has 1 nitrogen and oxygen atoms in total. The highest BCUT2D eigenvalue weighted by atomic mass is 16.3. The molecular formula is C16H24O. The fourth-order valence-corrected chi connectivity index (χ4v) is 2.99. The molecule has 17 heavy (non-hydrogen) atoms. The molecule has 1 aromatic carbocycles. The first-order valence-corrected chi connectivity index (χ1v) is 6.81. The van der Waals surface area contributed by atoms with E-state index in [0.717, 1.165) is 31.2 Å². The quantitative estimate of drug-likeness (QED) is 0.838. The van der Waals surface area contributed by atoms with Gasteiger partial charge >= 0.3 is 0 Å². The van der Waals surface area contributed by atoms with E-state index in [4.69, 9.17) is 0 Å². The van der Waals surface area contributed by atoms with Crippen LogP contribution in [0.4, 0.5) is 0 Å². The van der Waals surface area contributed by atoms with Gasteiger partial charge in [-0.3, -0.25) is 0 Å². The Morgan fingerprint density at radius 2 is 2.18 bits per heavy atom. The van der Waals surface area contributed by atoms with Gasteiger partial charge in [-0.15, -0.1) is 0 Å². The molecule has 94 valence electrons. The van der Waals surface area contributed by atoms with Crippen LogP contribution in [0.15, 0.2) is 24.3 Å². The molecule has 0 bridgehead atoms. The summed E-state index contributed by atoms with van der Waals surface area (Å²) in [5, 5.41) is 10.7. The normalized spacial score (nSPS) is 28.9. The summed E-state index contributed by atoms with van der Waals surface area (Å²) in [6.45, 7) is 6.70. The molecule has 0 spiro atoms. The number of hydrogen-bond acceptors (Lipinski definition) is 1. The van der Waals surface area contributed by atoms with Gasteiger partial charge in [-0.25, -0.2) is 0 Å². The van der Waals surface area contributed by atoms with E-state index >= 15 is 0 Å². The molecule has 0 saturated heterocycles. The van der Waals surface area contributed by atoms with E-state index in [1.165, 1.54) is 5.56 Å². The van der Waals surface area contributed by atoms with Crippen molar-refractivity contribution in [2.75, 3.05) is 0 Å². The lowest BCUT2D eigenvalue weighted by Crippen LogP contribution is -2.21. The van der Waals surface area contributed by atoms with E-state index in [-0.39, 0.29) is 0 Å². The van der Waals surface area contributed by atoms with Crippen molar-refractivity contribution in [3.8, 4) is 0 Å². The SMILES string of the molecule is CC(C)Cc1cccc(C2(O)CCC(C)C2)c1. The van der Waals surface area contributed by atoms with Crippen molar-refractivity contribution in [2.24, 2.45) is 11.8 Å². The second-order valence-corrected chi connectivity index (χ2v) is 6.18. The molecule has 2 atom stereocenters. The Kier molecular flexibility index (Phi) is 3.58. The molecule has 0 aliphatic heterocycles. The Labute approximate surface area is 105 Å². The van der Waals surface area contributed by atoms with Crippen LogP contribution in [0.2, 0.25) is 0 Å². The minimum Gasteiger partial charge on any atom is -0.385 e. The van der Waals surface area contributed by atoms with Crippen molar-refractivity contribution in [1.29, 1.82) is 0 Å². The third-order valence-corrected chi connectivity index (χ3v) is 3.85. The second kappa shape index (κ2) is 4.81. The smallest absolute Gasteiger partial charge is 0.0899 e. The van der Waals surface area contributed by atoms with Crippen molar-refractivity contribution in [1.82, 2.24) is 0 Å². The Morgan fingerprint density at radius 1 is 1.41 bits per heavy atom. The van der Waals surface area contributed by atoms with Crippen LogP contribution in [-0.2, 0) is 12.0 Å². The van der Waals surface area contributed by atoms with E-state index in [0.29, 0.717) is 11.8 Å². The molecule has 1 aliphatic rings. The zero-order chi connectivity index (χ0) is 12.5. The van der Waals surface area contributed by atoms with E-state index in [9.17, 15) is 5.11 Å². The van der Waals surface area contributed by atoms with E-state index < -0.39 is 5.60 Å². The zero-order valence-corrected chi connectivity index (χ0v) is 11.2. The summed E-state index contributed by atoms with van der Waals surface area (Å²) in [6, 6.07) is 8.55. The van der Waals surface area contributed by atoms with Crippen molar-refractivity contribution in [2.45, 2.75) is 52.1 Å². The minimum atomic E-state index is -0.563. The van der Waals surface area contributed by atoms with E-state index in [1.54, 1.807) is 0 Å². The maximum Gasteiger partial charge on any atom is 0.0899 e. The van der Waals surface area contributed by atoms with E-state index in [2.05, 4.69) is 45.0 Å². The number of aliphatic hydroxyl groups is 1. The lowest BCUT2D eigenvalue weighted by Gasteiger charge is -2.24. The summed E-state index contributed by atoms with van der Waals surface area (Å²) in [5.74, 6) is 1.32. The van der Waals surface area contributed by atoms with Gasteiger partial charge in [0.1, 0.15) is 0 Å². The van der Waals surface area contributed by atoms with Gasteiger partial charge in [0.2, 0.25) is 0 Å². The topological polar surface area (TPSA) is 20.2 Å². The third-order valence-electron chi connectivity index (χ3n) is 3.85. The first kappa shape index (κ1) is 12.6. The predicted octanol–water partition coefficient (Wildman–Crippen LogP) is 3.89. The van der Waals surface area contributed by atoms with Crippen molar-refractivity contribution in [3.63, 3.8) is 0 Å². The van der Waals surface area contributed by atoms with Crippen molar-refractivity contribution >= 4 is 0 Å². The second-order valence-electron chi connectivity index (χ2n) is 6.18. The lowest BCUT2D eigenvalue weighted by molar-refractivity contribution is 0.0407. The molecule has 1 saturated carbocycles. The standard InChI is InChI=1S/C16H24O/c1-12(2)9-14-5-4-6-15(10-14)16(17)8-7-13(3)11-16/h4-6,10,12-13,17H,7-9,11H2,1-3H3. The molecule has 0 radical (unpaired) electrons. The van der Waals surface area contributed by atoms with Crippen molar-refractivity contribution < 1.29 is 5.11 Å². The van der Waals surface area contributed by atoms with Gasteiger partial charge in [-0.2, -0.15) is 0 Å². The third kappa shape index (κ3) is 2.90. The molecular weight excluding hydrogens is 208 g/mol. The first-order chi connectivity index (χ1) is 7.99. The maximum atomic E-state index is 10.7. The van der Waals surface area contributed by atoms with Gasteiger partial charge in [-0.1, -0.05) is 45.0 Å². The van der Waals surface area contributed by atoms with Crippen LogP contribution >= 0.6 is 0 Å². The predicted molar refractivity (Wildman–Crippen MR) is 71.9 cm³/mol. The van der Waals surface area contributed by atoms with Crippen molar-refractivity contribution in [3.05, 3.63) is 35.4 Å². The summed E-state index contributed by atoms with van der Waals surface area (Å²) in [6.07, 6.45) is 4.07. The number of benzene rings is 1. The Hall–Kier alpha value is -0.820. The summed E-state index contributed by atoms with van der Waals surface area (Å²) < 4.78 is 0. The van der Waals surface area contributed by atoms with Crippen LogP contribution in [0.25, 0.3) is 0 Å². The van der Waals surface area contributed by atoms with Gasteiger partial charge in [0, 0.05) is 0 Å². The fourth-order valence-electron chi connectivity index (χ4n) is 2.99. The van der Waals surface area contributed by atoms with Crippen LogP contribution in [0.3, 0.4) is 0 Å². The number of hydrogen-bond donors (Lipinski definition) is 1. The molecule has 0 amide bonds. The highest BCUT2D eigenvalue weighted by Gasteiger charge is 2.36. The van der Waals surface area contributed by atoms with Crippen LogP contribution < -0.4 is 0 Å². The first-order valence-electron chi connectivity index (χ1n) is 6.81. The largest absolute Gasteiger partial charge is 0.385 e. The van der Waals surface area contributed by atoms with Gasteiger partial charge in [0.25, 0.3) is 0 Å². The number of rotatable bonds is 3. The molecule has 1 aromatic rings. The van der Waals surface area contributed by atoms with E-state index in [1.807, 2.05) is 0 Å². The summed E-state index contributed by atoms with van der Waals surface area (Å²) >= 11 is 0. The summed E-state index contributed by atoms with van der Waals surface area (Å²) in [5.41, 5.74) is 1.91. The average Bonchev–Trinajstić information content (AvgIpc) is 2.59. The molecule has 1 heteroatoms. The Morgan fingerprint density at radius 3 is 2.76 bits per heavy atom. The molecule has 1 fully saturated rings. The van der Waals surface area contributed by atoms with Crippen LogP contribution in [0.1, 0.15) is 51.2 Å². The molecule has 2 unspecified atom stereocenters. The minimum absolute atomic E-state index is 0.563. The van der Waals surface area contributed by atoms with Gasteiger partial charge in [0.15, 0.2) is 0 Å². The van der Waals surface area contributed by atoms with Gasteiger partial charge < -0.3 is 5.11 Å². The summed E-state index contributed by atoms with van der Waals surface area (Å²) in [7, 11) is 0.